The summed E-state index contributed by atoms with van der Waals surface area (Å²) in [5.74, 6) is 0.379. The molecule has 3 rings (SSSR count). The maximum atomic E-state index is 12.7. The van der Waals surface area contributed by atoms with Crippen molar-refractivity contribution in [3.63, 3.8) is 0 Å². The zero-order valence-corrected chi connectivity index (χ0v) is 16.7. The summed E-state index contributed by atoms with van der Waals surface area (Å²) in [7, 11) is 0. The van der Waals surface area contributed by atoms with Crippen molar-refractivity contribution in [3.8, 4) is 0 Å². The van der Waals surface area contributed by atoms with E-state index in [2.05, 4.69) is 37.4 Å². The lowest BCUT2D eigenvalue weighted by Gasteiger charge is -2.32. The third-order valence-electron chi connectivity index (χ3n) is 4.88. The third-order valence-corrected chi connectivity index (χ3v) is 6.02. The number of hydrogen-bond donors (Lipinski definition) is 1. The largest absolute Gasteiger partial charge is 0.341 e. The molecule has 0 radical (unpaired) electrons. The van der Waals surface area contributed by atoms with E-state index in [1.165, 1.54) is 11.1 Å². The summed E-state index contributed by atoms with van der Waals surface area (Å²) in [5, 5.41) is 2.96. The zero-order chi connectivity index (χ0) is 19.2. The standard InChI is InChI=1S/C22H26N2O2S/c1-16-10-11-17(2)20(13-16)27-15-21(25)24-12-6-7-18(14-24)22(26)23-19-8-4-3-5-9-19/h3-5,8-11,13,18H,6-7,12,14-15H2,1-2H3,(H,23,26). The van der Waals surface area contributed by atoms with Gasteiger partial charge in [0.25, 0.3) is 0 Å². The van der Waals surface area contributed by atoms with Gasteiger partial charge < -0.3 is 10.2 Å². The summed E-state index contributed by atoms with van der Waals surface area (Å²) in [4.78, 5) is 28.2. The molecule has 5 heteroatoms. The lowest BCUT2D eigenvalue weighted by Crippen LogP contribution is -2.44. The number of rotatable bonds is 5. The van der Waals surface area contributed by atoms with Gasteiger partial charge in [-0.25, -0.2) is 0 Å². The quantitative estimate of drug-likeness (QED) is 0.786. The van der Waals surface area contributed by atoms with E-state index < -0.39 is 0 Å². The fraction of sp³-hybridized carbons (Fsp3) is 0.364. The summed E-state index contributed by atoms with van der Waals surface area (Å²) in [6.07, 6.45) is 1.69. The first kappa shape index (κ1) is 19.5. The van der Waals surface area contributed by atoms with Crippen LogP contribution in [-0.2, 0) is 9.59 Å². The van der Waals surface area contributed by atoms with Gasteiger partial charge in [0, 0.05) is 23.7 Å². The lowest BCUT2D eigenvalue weighted by molar-refractivity contribution is -0.132. The first-order valence-electron chi connectivity index (χ1n) is 9.36. The number of likely N-dealkylation sites (tertiary alicyclic amines) is 1. The fourth-order valence-corrected chi connectivity index (χ4v) is 4.30. The Morgan fingerprint density at radius 1 is 1.15 bits per heavy atom. The van der Waals surface area contributed by atoms with E-state index in [1.807, 2.05) is 35.2 Å². The van der Waals surface area contributed by atoms with Crippen molar-refractivity contribution in [2.75, 3.05) is 24.2 Å². The number of aryl methyl sites for hydroxylation is 2. The number of nitrogens with zero attached hydrogens (tertiary/aromatic N) is 1. The predicted octanol–water partition coefficient (Wildman–Crippen LogP) is 4.27. The lowest BCUT2D eigenvalue weighted by atomic mass is 9.97. The highest BCUT2D eigenvalue weighted by Gasteiger charge is 2.28. The monoisotopic (exact) mass is 382 g/mol. The van der Waals surface area contributed by atoms with Gasteiger partial charge in [0.2, 0.25) is 11.8 Å². The van der Waals surface area contributed by atoms with E-state index in [1.54, 1.807) is 11.8 Å². The van der Waals surface area contributed by atoms with Crippen LogP contribution in [-0.4, -0.2) is 35.6 Å². The van der Waals surface area contributed by atoms with Crippen LogP contribution < -0.4 is 5.32 Å². The minimum absolute atomic E-state index is 0.000816. The average Bonchev–Trinajstić information content (AvgIpc) is 2.69. The molecule has 1 N–H and O–H groups in total. The number of nitrogens with one attached hydrogen (secondary N) is 1. The molecule has 27 heavy (non-hydrogen) atoms. The van der Waals surface area contributed by atoms with Crippen LogP contribution in [0.1, 0.15) is 24.0 Å². The van der Waals surface area contributed by atoms with Gasteiger partial charge in [0.1, 0.15) is 0 Å². The van der Waals surface area contributed by atoms with Crippen LogP contribution in [0.3, 0.4) is 0 Å². The van der Waals surface area contributed by atoms with Crippen LogP contribution in [0.25, 0.3) is 0 Å². The molecule has 0 spiro atoms. The topological polar surface area (TPSA) is 49.4 Å². The molecule has 0 aromatic heterocycles. The molecule has 1 heterocycles. The molecule has 0 bridgehead atoms. The van der Waals surface area contributed by atoms with Crippen LogP contribution in [0.2, 0.25) is 0 Å². The van der Waals surface area contributed by atoms with Gasteiger partial charge in [-0.1, -0.05) is 35.9 Å². The second-order valence-corrected chi connectivity index (χ2v) is 8.11. The number of carbonyl (C=O) groups excluding carboxylic acids is 2. The molecule has 1 saturated heterocycles. The molecule has 2 amide bonds. The number of anilines is 1. The van der Waals surface area contributed by atoms with Gasteiger partial charge in [-0.05, 0) is 50.5 Å². The van der Waals surface area contributed by atoms with Gasteiger partial charge in [-0.3, -0.25) is 9.59 Å². The molecular formula is C22H26N2O2S. The Hall–Kier alpha value is -2.27. The van der Waals surface area contributed by atoms with E-state index in [0.717, 1.165) is 30.0 Å². The molecule has 1 unspecified atom stereocenters. The average molecular weight is 383 g/mol. The summed E-state index contributed by atoms with van der Waals surface area (Å²) in [5.41, 5.74) is 3.19. The number of para-hydroxylation sites is 1. The molecule has 4 nitrogen and oxygen atoms in total. The van der Waals surface area contributed by atoms with Crippen LogP contribution >= 0.6 is 11.8 Å². The number of hydrogen-bond acceptors (Lipinski definition) is 3. The maximum absolute atomic E-state index is 12.7. The van der Waals surface area contributed by atoms with Crippen LogP contribution in [0.15, 0.2) is 53.4 Å². The predicted molar refractivity (Wildman–Crippen MR) is 111 cm³/mol. The summed E-state index contributed by atoms with van der Waals surface area (Å²) < 4.78 is 0. The van der Waals surface area contributed by atoms with Gasteiger partial charge in [-0.2, -0.15) is 0 Å². The van der Waals surface area contributed by atoms with E-state index in [9.17, 15) is 9.59 Å². The van der Waals surface area contributed by atoms with Crippen molar-refractivity contribution in [2.45, 2.75) is 31.6 Å². The smallest absolute Gasteiger partial charge is 0.232 e. The number of piperidine rings is 1. The third kappa shape index (κ3) is 5.36. The van der Waals surface area contributed by atoms with Crippen LogP contribution in [0.4, 0.5) is 5.69 Å². The van der Waals surface area contributed by atoms with Gasteiger partial charge in [0.05, 0.1) is 11.7 Å². The molecule has 1 aliphatic heterocycles. The van der Waals surface area contributed by atoms with Crippen molar-refractivity contribution < 1.29 is 9.59 Å². The number of carbonyl (C=O) groups is 2. The van der Waals surface area contributed by atoms with Gasteiger partial charge in [-0.15, -0.1) is 11.8 Å². The molecule has 0 saturated carbocycles. The first-order chi connectivity index (χ1) is 13.0. The van der Waals surface area contributed by atoms with Gasteiger partial charge in [0.15, 0.2) is 0 Å². The van der Waals surface area contributed by atoms with Crippen LogP contribution in [0, 0.1) is 19.8 Å². The van der Waals surface area contributed by atoms with E-state index >= 15 is 0 Å². The highest BCUT2D eigenvalue weighted by molar-refractivity contribution is 8.00. The molecule has 1 fully saturated rings. The van der Waals surface area contributed by atoms with Crippen molar-refractivity contribution in [3.05, 3.63) is 59.7 Å². The van der Waals surface area contributed by atoms with Crippen molar-refractivity contribution >= 4 is 29.3 Å². The normalized spacial score (nSPS) is 16.8. The second-order valence-electron chi connectivity index (χ2n) is 7.09. The van der Waals surface area contributed by atoms with Crippen molar-refractivity contribution in [2.24, 2.45) is 5.92 Å². The molecule has 0 aliphatic carbocycles. The van der Waals surface area contributed by atoms with Crippen LogP contribution in [0.5, 0.6) is 0 Å². The Kier molecular flexibility index (Phi) is 6.56. The molecule has 2 aromatic carbocycles. The second kappa shape index (κ2) is 9.09. The Balaban J connectivity index is 1.54. The Morgan fingerprint density at radius 2 is 1.93 bits per heavy atom. The SMILES string of the molecule is Cc1ccc(C)c(SCC(=O)N2CCCC(C(=O)Nc3ccccc3)C2)c1. The zero-order valence-electron chi connectivity index (χ0n) is 15.9. The van der Waals surface area contributed by atoms with E-state index in [4.69, 9.17) is 0 Å². The summed E-state index contributed by atoms with van der Waals surface area (Å²) in [6.45, 7) is 5.37. The fourth-order valence-electron chi connectivity index (χ4n) is 3.28. The van der Waals surface area contributed by atoms with E-state index in [-0.39, 0.29) is 17.7 Å². The molecular weight excluding hydrogens is 356 g/mol. The Labute approximate surface area is 165 Å². The maximum Gasteiger partial charge on any atom is 0.232 e. The minimum atomic E-state index is -0.145. The summed E-state index contributed by atoms with van der Waals surface area (Å²) in [6, 6.07) is 15.8. The first-order valence-corrected chi connectivity index (χ1v) is 10.4. The molecule has 142 valence electrons. The number of benzene rings is 2. The van der Waals surface area contributed by atoms with Crippen molar-refractivity contribution in [1.82, 2.24) is 4.90 Å². The van der Waals surface area contributed by atoms with Crippen molar-refractivity contribution in [1.29, 1.82) is 0 Å². The number of thioether (sulfide) groups is 1. The molecule has 1 aliphatic rings. The Bertz CT molecular complexity index is 807. The molecule has 1 atom stereocenters. The summed E-state index contributed by atoms with van der Waals surface area (Å²) >= 11 is 1.58. The minimum Gasteiger partial charge on any atom is -0.341 e. The van der Waals surface area contributed by atoms with E-state index in [0.29, 0.717) is 12.3 Å². The highest BCUT2D eigenvalue weighted by atomic mass is 32.2. The number of amides is 2. The van der Waals surface area contributed by atoms with Gasteiger partial charge >= 0.3 is 0 Å². The molecule has 2 aromatic rings. The highest BCUT2D eigenvalue weighted by Crippen LogP contribution is 2.25. The Morgan fingerprint density at radius 3 is 2.70 bits per heavy atom.